The van der Waals surface area contributed by atoms with Gasteiger partial charge in [-0.15, -0.1) is 0 Å². The van der Waals surface area contributed by atoms with E-state index in [-0.39, 0.29) is 10.8 Å². The molecule has 1 aromatic rings. The fourth-order valence-electron chi connectivity index (χ4n) is 3.11. The van der Waals surface area contributed by atoms with Gasteiger partial charge < -0.3 is 10.6 Å². The zero-order valence-corrected chi connectivity index (χ0v) is 17.5. The number of amides is 4. The molecule has 1 heterocycles. The van der Waals surface area contributed by atoms with Crippen LogP contribution in [0.1, 0.15) is 27.2 Å². The zero-order chi connectivity index (χ0) is 21.3. The Labute approximate surface area is 165 Å². The second kappa shape index (κ2) is 7.88. The molecular weight excluding hydrogens is 384 g/mol. The van der Waals surface area contributed by atoms with Crippen LogP contribution in [-0.2, 0) is 19.6 Å². The maximum Gasteiger partial charge on any atom is 0.325 e. The standard InChI is InChI=1S/C18H26N4O5S/c1-12(2)10-18(3)16(24)22(17(25)20-18)11-15(23)19-13-6-8-14(9-7-13)28(26,27)21(4)5/h6-9,12H,10-11H2,1-5H3,(H,19,23)(H,20,25)/t18-/m0/s1. The first-order valence-electron chi connectivity index (χ1n) is 8.83. The normalized spacial score (nSPS) is 20.0. The van der Waals surface area contributed by atoms with E-state index in [0.29, 0.717) is 12.1 Å². The number of imide groups is 1. The lowest BCUT2D eigenvalue weighted by molar-refractivity contribution is -0.133. The molecule has 1 fully saturated rings. The van der Waals surface area contributed by atoms with Crippen molar-refractivity contribution in [1.29, 1.82) is 0 Å². The third-order valence-corrected chi connectivity index (χ3v) is 6.21. The van der Waals surface area contributed by atoms with Gasteiger partial charge in [0.1, 0.15) is 12.1 Å². The number of rotatable bonds is 7. The van der Waals surface area contributed by atoms with E-state index in [1.165, 1.54) is 38.4 Å². The Morgan fingerprint density at radius 3 is 2.29 bits per heavy atom. The van der Waals surface area contributed by atoms with Crippen LogP contribution in [0.3, 0.4) is 0 Å². The summed E-state index contributed by atoms with van der Waals surface area (Å²) >= 11 is 0. The first-order valence-corrected chi connectivity index (χ1v) is 10.3. The van der Waals surface area contributed by atoms with Crippen LogP contribution < -0.4 is 10.6 Å². The van der Waals surface area contributed by atoms with Gasteiger partial charge in [0.2, 0.25) is 15.9 Å². The minimum Gasteiger partial charge on any atom is -0.325 e. The average molecular weight is 410 g/mol. The van der Waals surface area contributed by atoms with Crippen LogP contribution in [0.2, 0.25) is 0 Å². The van der Waals surface area contributed by atoms with E-state index in [4.69, 9.17) is 0 Å². The van der Waals surface area contributed by atoms with Crippen molar-refractivity contribution in [3.05, 3.63) is 24.3 Å². The molecule has 10 heteroatoms. The smallest absolute Gasteiger partial charge is 0.325 e. The summed E-state index contributed by atoms with van der Waals surface area (Å²) < 4.78 is 25.2. The summed E-state index contributed by atoms with van der Waals surface area (Å²) in [6.45, 7) is 5.12. The maximum atomic E-state index is 12.6. The lowest BCUT2D eigenvalue weighted by Crippen LogP contribution is -2.45. The van der Waals surface area contributed by atoms with E-state index in [1.807, 2.05) is 13.8 Å². The van der Waals surface area contributed by atoms with E-state index < -0.39 is 40.0 Å². The molecule has 0 bridgehead atoms. The highest BCUT2D eigenvalue weighted by atomic mass is 32.2. The minimum atomic E-state index is -3.56. The van der Waals surface area contributed by atoms with Gasteiger partial charge in [-0.3, -0.25) is 14.5 Å². The summed E-state index contributed by atoms with van der Waals surface area (Å²) in [5.74, 6) is -0.797. The van der Waals surface area contributed by atoms with Crippen molar-refractivity contribution in [3.8, 4) is 0 Å². The largest absolute Gasteiger partial charge is 0.325 e. The van der Waals surface area contributed by atoms with Crippen LogP contribution in [0.25, 0.3) is 0 Å². The summed E-state index contributed by atoms with van der Waals surface area (Å²) in [5, 5.41) is 5.22. The van der Waals surface area contributed by atoms with E-state index in [0.717, 1.165) is 9.21 Å². The van der Waals surface area contributed by atoms with Gasteiger partial charge in [-0.1, -0.05) is 13.8 Å². The number of urea groups is 1. The molecule has 0 spiro atoms. The lowest BCUT2D eigenvalue weighted by atomic mass is 9.91. The summed E-state index contributed by atoms with van der Waals surface area (Å²) in [6.07, 6.45) is 0.470. The highest BCUT2D eigenvalue weighted by Gasteiger charge is 2.48. The number of sulfonamides is 1. The van der Waals surface area contributed by atoms with Gasteiger partial charge in [0.15, 0.2) is 0 Å². The van der Waals surface area contributed by atoms with Crippen molar-refractivity contribution < 1.29 is 22.8 Å². The van der Waals surface area contributed by atoms with Gasteiger partial charge in [0.05, 0.1) is 4.90 Å². The van der Waals surface area contributed by atoms with E-state index in [1.54, 1.807) is 6.92 Å². The predicted octanol–water partition coefficient (Wildman–Crippen LogP) is 1.23. The molecule has 2 N–H and O–H groups in total. The Morgan fingerprint density at radius 2 is 1.79 bits per heavy atom. The van der Waals surface area contributed by atoms with Crippen LogP contribution in [0.5, 0.6) is 0 Å². The molecule has 0 aliphatic carbocycles. The molecule has 1 saturated heterocycles. The summed E-state index contributed by atoms with van der Waals surface area (Å²) in [5.41, 5.74) is -0.659. The zero-order valence-electron chi connectivity index (χ0n) is 16.6. The molecule has 9 nitrogen and oxygen atoms in total. The molecule has 1 aliphatic rings. The van der Waals surface area contributed by atoms with Crippen molar-refractivity contribution in [3.63, 3.8) is 0 Å². The fourth-order valence-corrected chi connectivity index (χ4v) is 4.01. The van der Waals surface area contributed by atoms with Crippen LogP contribution in [-0.4, -0.2) is 61.6 Å². The highest BCUT2D eigenvalue weighted by molar-refractivity contribution is 7.89. The Kier molecular flexibility index (Phi) is 6.15. The number of hydrogen-bond donors (Lipinski definition) is 2. The van der Waals surface area contributed by atoms with Gasteiger partial charge in [0.25, 0.3) is 5.91 Å². The third-order valence-electron chi connectivity index (χ3n) is 4.38. The number of benzene rings is 1. The van der Waals surface area contributed by atoms with Crippen molar-refractivity contribution >= 4 is 33.6 Å². The molecule has 1 atom stereocenters. The number of hydrogen-bond acceptors (Lipinski definition) is 5. The topological polar surface area (TPSA) is 116 Å². The Morgan fingerprint density at radius 1 is 1.21 bits per heavy atom. The van der Waals surface area contributed by atoms with Crippen molar-refractivity contribution in [1.82, 2.24) is 14.5 Å². The lowest BCUT2D eigenvalue weighted by Gasteiger charge is -2.23. The van der Waals surface area contributed by atoms with Gasteiger partial charge in [-0.2, -0.15) is 0 Å². The first-order chi connectivity index (χ1) is 12.9. The average Bonchev–Trinajstić information content (AvgIpc) is 2.77. The Bertz CT molecular complexity index is 880. The van der Waals surface area contributed by atoms with Gasteiger partial charge in [0, 0.05) is 19.8 Å². The number of nitrogens with zero attached hydrogens (tertiary/aromatic N) is 2. The number of carbonyl (C=O) groups excluding carboxylic acids is 3. The monoisotopic (exact) mass is 410 g/mol. The van der Waals surface area contributed by atoms with Crippen LogP contribution >= 0.6 is 0 Å². The summed E-state index contributed by atoms with van der Waals surface area (Å²) in [4.78, 5) is 38.0. The Balaban J connectivity index is 2.05. The fraction of sp³-hybridized carbons (Fsp3) is 0.500. The molecule has 0 aromatic heterocycles. The molecule has 1 aliphatic heterocycles. The molecule has 28 heavy (non-hydrogen) atoms. The molecule has 2 rings (SSSR count). The second-order valence-corrected chi connectivity index (χ2v) is 9.76. The van der Waals surface area contributed by atoms with Crippen LogP contribution in [0.15, 0.2) is 29.2 Å². The van der Waals surface area contributed by atoms with Crippen molar-refractivity contribution in [2.24, 2.45) is 5.92 Å². The van der Waals surface area contributed by atoms with Crippen molar-refractivity contribution in [2.75, 3.05) is 26.0 Å². The number of anilines is 1. The highest BCUT2D eigenvalue weighted by Crippen LogP contribution is 2.25. The Hall–Kier alpha value is -2.46. The van der Waals surface area contributed by atoms with Gasteiger partial charge in [-0.05, 0) is 43.5 Å². The van der Waals surface area contributed by atoms with E-state index >= 15 is 0 Å². The predicted molar refractivity (Wildman–Crippen MR) is 104 cm³/mol. The minimum absolute atomic E-state index is 0.0917. The SMILES string of the molecule is CC(C)C[C@]1(C)NC(=O)N(CC(=O)Nc2ccc(S(=O)(=O)N(C)C)cc2)C1=O. The number of carbonyl (C=O) groups is 3. The molecule has 4 amide bonds. The molecule has 0 unspecified atom stereocenters. The van der Waals surface area contributed by atoms with E-state index in [9.17, 15) is 22.8 Å². The quantitative estimate of drug-likeness (QED) is 0.656. The van der Waals surface area contributed by atoms with Crippen LogP contribution in [0.4, 0.5) is 10.5 Å². The van der Waals surface area contributed by atoms with Crippen molar-refractivity contribution in [2.45, 2.75) is 37.6 Å². The number of nitrogens with one attached hydrogen (secondary N) is 2. The summed E-state index contributed by atoms with van der Waals surface area (Å²) in [7, 11) is -0.710. The third kappa shape index (κ3) is 4.50. The first kappa shape index (κ1) is 21.8. The van der Waals surface area contributed by atoms with E-state index in [2.05, 4.69) is 10.6 Å². The molecule has 0 saturated carbocycles. The molecule has 0 radical (unpaired) electrons. The molecule has 154 valence electrons. The second-order valence-electron chi connectivity index (χ2n) is 7.61. The van der Waals surface area contributed by atoms with Crippen LogP contribution in [0, 0.1) is 5.92 Å². The molecular formula is C18H26N4O5S. The summed E-state index contributed by atoms with van der Waals surface area (Å²) in [6, 6.07) is 5.04. The maximum absolute atomic E-state index is 12.6. The van der Waals surface area contributed by atoms with Gasteiger partial charge >= 0.3 is 6.03 Å². The molecule has 1 aromatic carbocycles. The van der Waals surface area contributed by atoms with Gasteiger partial charge in [-0.25, -0.2) is 17.5 Å².